The molecular weight excluding hydrogens is 592 g/mol. The minimum atomic E-state index is -0.503. The molecule has 2 aliphatic heterocycles. The number of piperazine rings is 1. The number of nitrogens with one attached hydrogen (secondary N) is 2. The summed E-state index contributed by atoms with van der Waals surface area (Å²) in [6.45, 7) is 8.56. The van der Waals surface area contributed by atoms with E-state index in [-0.39, 0.29) is 30.6 Å². The highest BCUT2D eigenvalue weighted by atomic mass is 16.7. The van der Waals surface area contributed by atoms with E-state index in [1.807, 2.05) is 48.5 Å². The third-order valence-corrected chi connectivity index (χ3v) is 8.99. The van der Waals surface area contributed by atoms with Gasteiger partial charge in [-0.25, -0.2) is 0 Å². The zero-order chi connectivity index (χ0) is 32.8. The lowest BCUT2D eigenvalue weighted by molar-refractivity contribution is -0.253. The van der Waals surface area contributed by atoms with Gasteiger partial charge in [-0.05, 0) is 35.1 Å². The van der Waals surface area contributed by atoms with Crippen molar-refractivity contribution < 1.29 is 24.2 Å². The van der Waals surface area contributed by atoms with Crippen LogP contribution in [0.3, 0.4) is 0 Å². The van der Waals surface area contributed by atoms with Crippen LogP contribution >= 0.6 is 0 Å². The Kier molecular flexibility index (Phi) is 13.4. The van der Waals surface area contributed by atoms with Crippen molar-refractivity contribution in [3.05, 3.63) is 107 Å². The molecule has 3 unspecified atom stereocenters. The molecule has 2 fully saturated rings. The van der Waals surface area contributed by atoms with Crippen molar-refractivity contribution in [3.8, 4) is 0 Å². The van der Waals surface area contributed by atoms with Crippen LogP contribution in [0.1, 0.15) is 79.2 Å². The lowest BCUT2D eigenvalue weighted by Crippen LogP contribution is -2.49. The molecule has 47 heavy (non-hydrogen) atoms. The molecule has 9 heteroatoms. The Morgan fingerprint density at radius 1 is 0.766 bits per heavy atom. The van der Waals surface area contributed by atoms with E-state index in [4.69, 9.17) is 9.47 Å². The second-order valence-corrected chi connectivity index (χ2v) is 12.7. The van der Waals surface area contributed by atoms with Gasteiger partial charge in [0, 0.05) is 77.7 Å². The minimum Gasteiger partial charge on any atom is -0.392 e. The number of amides is 2. The zero-order valence-electron chi connectivity index (χ0n) is 27.6. The molecule has 3 atom stereocenters. The summed E-state index contributed by atoms with van der Waals surface area (Å²) < 4.78 is 13.2. The van der Waals surface area contributed by atoms with Gasteiger partial charge in [-0.15, -0.1) is 0 Å². The van der Waals surface area contributed by atoms with Gasteiger partial charge < -0.3 is 25.2 Å². The minimum absolute atomic E-state index is 0.00847. The lowest BCUT2D eigenvalue weighted by Gasteiger charge is -2.40. The second kappa shape index (κ2) is 18.1. The average molecular weight is 643 g/mol. The molecule has 3 N–H and O–H groups in total. The van der Waals surface area contributed by atoms with Crippen LogP contribution < -0.4 is 10.6 Å². The molecule has 252 valence electrons. The number of unbranched alkanes of at least 4 members (excludes halogenated alkanes) is 2. The Labute approximate surface area is 279 Å². The Hall–Kier alpha value is -3.60. The average Bonchev–Trinajstić information content (AvgIpc) is 3.10. The smallest absolute Gasteiger partial charge is 0.220 e. The molecule has 0 radical (unpaired) electrons. The first-order valence-corrected chi connectivity index (χ1v) is 17.0. The van der Waals surface area contributed by atoms with Gasteiger partial charge >= 0.3 is 0 Å². The first kappa shape index (κ1) is 34.7. The van der Waals surface area contributed by atoms with Crippen molar-refractivity contribution in [2.75, 3.05) is 39.3 Å². The fourth-order valence-corrected chi connectivity index (χ4v) is 6.23. The molecule has 9 nitrogen and oxygen atoms in total. The van der Waals surface area contributed by atoms with Crippen LogP contribution in [-0.2, 0) is 38.8 Å². The van der Waals surface area contributed by atoms with Crippen molar-refractivity contribution in [1.29, 1.82) is 0 Å². The van der Waals surface area contributed by atoms with Gasteiger partial charge in [0.25, 0.3) is 0 Å². The summed E-state index contributed by atoms with van der Waals surface area (Å²) in [6.07, 6.45) is 3.20. The third-order valence-electron chi connectivity index (χ3n) is 8.99. The summed E-state index contributed by atoms with van der Waals surface area (Å²) in [5.41, 5.74) is 5.29. The van der Waals surface area contributed by atoms with Crippen LogP contribution in [0, 0.1) is 0 Å². The molecule has 3 aromatic rings. The number of carbonyl (C=O) groups excluding carboxylic acids is 2. The SMILES string of the molecule is CC(=O)NCCCCCC(=O)NCc1ccc(C2OC(CN3CCN(Cc4ccccc4)CC3)CC(c3ccc(CO)cc3)O2)cc1. The Balaban J connectivity index is 1.14. The fraction of sp³-hybridized carbons (Fsp3) is 0.474. The van der Waals surface area contributed by atoms with Gasteiger partial charge in [-0.1, -0.05) is 85.3 Å². The van der Waals surface area contributed by atoms with E-state index in [0.29, 0.717) is 19.5 Å². The highest BCUT2D eigenvalue weighted by Gasteiger charge is 2.33. The van der Waals surface area contributed by atoms with Crippen LogP contribution in [-0.4, -0.2) is 72.1 Å². The van der Waals surface area contributed by atoms with Gasteiger partial charge in [0.05, 0.1) is 18.8 Å². The number of benzene rings is 3. The number of aliphatic hydroxyl groups is 1. The number of ether oxygens (including phenoxy) is 2. The largest absolute Gasteiger partial charge is 0.392 e. The van der Waals surface area contributed by atoms with Gasteiger partial charge in [0.2, 0.25) is 11.8 Å². The van der Waals surface area contributed by atoms with Gasteiger partial charge in [0.15, 0.2) is 6.29 Å². The number of nitrogens with zero attached hydrogens (tertiary/aromatic N) is 2. The molecule has 0 aromatic heterocycles. The molecule has 0 spiro atoms. The van der Waals surface area contributed by atoms with E-state index >= 15 is 0 Å². The molecule has 2 saturated heterocycles. The molecule has 3 aromatic carbocycles. The summed E-state index contributed by atoms with van der Waals surface area (Å²) in [5.74, 6) is 0.0128. The first-order chi connectivity index (χ1) is 22.9. The van der Waals surface area contributed by atoms with Crippen LogP contribution in [0.5, 0.6) is 0 Å². The highest BCUT2D eigenvalue weighted by Crippen LogP contribution is 2.38. The predicted octanol–water partition coefficient (Wildman–Crippen LogP) is 4.85. The normalized spacial score (nSPS) is 20.5. The van der Waals surface area contributed by atoms with E-state index < -0.39 is 6.29 Å². The number of hydrogen-bond acceptors (Lipinski definition) is 7. The molecule has 2 amide bonds. The van der Waals surface area contributed by atoms with E-state index in [9.17, 15) is 14.7 Å². The van der Waals surface area contributed by atoms with Crippen LogP contribution in [0.25, 0.3) is 0 Å². The second-order valence-electron chi connectivity index (χ2n) is 12.7. The number of carbonyl (C=O) groups is 2. The molecular formula is C38H50N4O5. The quantitative estimate of drug-likeness (QED) is 0.204. The van der Waals surface area contributed by atoms with Crippen LogP contribution in [0.4, 0.5) is 0 Å². The number of hydrogen-bond donors (Lipinski definition) is 3. The van der Waals surface area contributed by atoms with Gasteiger partial charge in [-0.2, -0.15) is 0 Å². The molecule has 5 rings (SSSR count). The summed E-state index contributed by atoms with van der Waals surface area (Å²) in [4.78, 5) is 28.3. The summed E-state index contributed by atoms with van der Waals surface area (Å²) in [7, 11) is 0. The third kappa shape index (κ3) is 11.3. The molecule has 0 aliphatic carbocycles. The summed E-state index contributed by atoms with van der Waals surface area (Å²) in [6, 6.07) is 26.8. The predicted molar refractivity (Wildman–Crippen MR) is 182 cm³/mol. The van der Waals surface area contributed by atoms with Crippen molar-refractivity contribution >= 4 is 11.8 Å². The zero-order valence-corrected chi connectivity index (χ0v) is 27.6. The van der Waals surface area contributed by atoms with Crippen LogP contribution in [0.15, 0.2) is 78.9 Å². The standard InChI is InChI=1S/C38H50N4O5/c1-29(44)39-19-7-3-6-10-37(45)40-25-30-11-17-34(18-12-30)38-46-35(24-36(47-38)33-15-13-32(28-43)14-16-33)27-42-22-20-41(21-23-42)26-31-8-4-2-5-9-31/h2,4-5,8-9,11-18,35-36,38,43H,3,6-7,10,19-28H2,1H3,(H,39,44)(H,40,45). The maximum atomic E-state index is 12.3. The topological polar surface area (TPSA) is 103 Å². The first-order valence-electron chi connectivity index (χ1n) is 17.0. The molecule has 2 aliphatic rings. The Morgan fingerprint density at radius 2 is 1.45 bits per heavy atom. The van der Waals surface area contributed by atoms with E-state index in [1.165, 1.54) is 12.5 Å². The fourth-order valence-electron chi connectivity index (χ4n) is 6.23. The van der Waals surface area contributed by atoms with Crippen molar-refractivity contribution in [2.45, 2.75) is 77.2 Å². The lowest BCUT2D eigenvalue weighted by atomic mass is 9.99. The molecule has 0 bridgehead atoms. The van der Waals surface area contributed by atoms with Crippen molar-refractivity contribution in [3.63, 3.8) is 0 Å². The van der Waals surface area contributed by atoms with Crippen molar-refractivity contribution in [1.82, 2.24) is 20.4 Å². The monoisotopic (exact) mass is 642 g/mol. The highest BCUT2D eigenvalue weighted by molar-refractivity contribution is 5.75. The van der Waals surface area contributed by atoms with E-state index in [1.54, 1.807) is 0 Å². The number of rotatable bonds is 15. The van der Waals surface area contributed by atoms with E-state index in [2.05, 4.69) is 50.8 Å². The Bertz CT molecular complexity index is 1380. The van der Waals surface area contributed by atoms with Gasteiger partial charge in [-0.3, -0.25) is 19.4 Å². The molecule has 2 heterocycles. The van der Waals surface area contributed by atoms with Crippen molar-refractivity contribution in [2.24, 2.45) is 0 Å². The summed E-state index contributed by atoms with van der Waals surface area (Å²) in [5, 5.41) is 15.3. The maximum absolute atomic E-state index is 12.3. The maximum Gasteiger partial charge on any atom is 0.220 e. The Morgan fingerprint density at radius 3 is 2.15 bits per heavy atom. The summed E-state index contributed by atoms with van der Waals surface area (Å²) >= 11 is 0. The van der Waals surface area contributed by atoms with Crippen LogP contribution in [0.2, 0.25) is 0 Å². The molecule has 0 saturated carbocycles. The van der Waals surface area contributed by atoms with Gasteiger partial charge in [0.1, 0.15) is 0 Å². The number of aliphatic hydroxyl groups excluding tert-OH is 1. The van der Waals surface area contributed by atoms with E-state index in [0.717, 1.165) is 87.2 Å².